The Kier molecular flexibility index (Phi) is 5.21. The van der Waals surface area contributed by atoms with E-state index in [1.807, 2.05) is 18.5 Å². The van der Waals surface area contributed by atoms with Crippen LogP contribution in [0.15, 0.2) is 42.9 Å². The number of pyridine rings is 1. The molecule has 118 valence electrons. The molecule has 5 heteroatoms. The molecule has 0 saturated carbocycles. The van der Waals surface area contributed by atoms with Crippen molar-refractivity contribution in [3.05, 3.63) is 48.5 Å². The molecule has 1 fully saturated rings. The van der Waals surface area contributed by atoms with Gasteiger partial charge in [-0.3, -0.25) is 14.8 Å². The lowest BCUT2D eigenvalue weighted by molar-refractivity contribution is 0.0930. The number of aromatic nitrogens is 2. The fourth-order valence-corrected chi connectivity index (χ4v) is 2.91. The number of hydrogen-bond acceptors (Lipinski definition) is 4. The molecule has 0 spiro atoms. The second-order valence-electron chi connectivity index (χ2n) is 5.69. The van der Waals surface area contributed by atoms with Crippen molar-refractivity contribution in [2.45, 2.75) is 6.54 Å². The fourth-order valence-electron chi connectivity index (χ4n) is 2.91. The number of ether oxygens (including phenoxy) is 1. The normalized spacial score (nSPS) is 17.0. The zero-order valence-corrected chi connectivity index (χ0v) is 13.2. The molecule has 1 aliphatic heterocycles. The van der Waals surface area contributed by atoms with Gasteiger partial charge in [0.1, 0.15) is 0 Å². The zero-order chi connectivity index (χ0) is 15.2. The van der Waals surface area contributed by atoms with Crippen LogP contribution in [0.25, 0.3) is 5.69 Å². The molecule has 5 nitrogen and oxygen atoms in total. The van der Waals surface area contributed by atoms with Crippen LogP contribution in [-0.2, 0) is 11.3 Å². The van der Waals surface area contributed by atoms with Gasteiger partial charge >= 0.3 is 0 Å². The van der Waals surface area contributed by atoms with Gasteiger partial charge in [0.25, 0.3) is 0 Å². The number of rotatable bonds is 6. The van der Waals surface area contributed by atoms with E-state index in [0.29, 0.717) is 0 Å². The molecule has 1 aliphatic rings. The molecule has 2 aromatic rings. The largest absolute Gasteiger partial charge is 0.383 e. The van der Waals surface area contributed by atoms with E-state index >= 15 is 0 Å². The SMILES string of the molecule is COCCN1CCN(Cc2cccn2-c2cccnc2)CC1. The summed E-state index contributed by atoms with van der Waals surface area (Å²) in [6, 6.07) is 8.38. The summed E-state index contributed by atoms with van der Waals surface area (Å²) < 4.78 is 7.38. The van der Waals surface area contributed by atoms with Crippen molar-refractivity contribution < 1.29 is 4.74 Å². The van der Waals surface area contributed by atoms with Crippen molar-refractivity contribution in [2.24, 2.45) is 0 Å². The van der Waals surface area contributed by atoms with E-state index in [2.05, 4.69) is 43.7 Å². The Hall–Kier alpha value is -1.69. The molecular formula is C17H24N4O. The van der Waals surface area contributed by atoms with E-state index in [1.165, 1.54) is 5.69 Å². The quantitative estimate of drug-likeness (QED) is 0.812. The summed E-state index contributed by atoms with van der Waals surface area (Å²) in [6.45, 7) is 7.32. The van der Waals surface area contributed by atoms with Gasteiger partial charge in [-0.2, -0.15) is 0 Å². The van der Waals surface area contributed by atoms with Gasteiger partial charge in [0.05, 0.1) is 18.5 Å². The van der Waals surface area contributed by atoms with Crippen molar-refractivity contribution in [1.29, 1.82) is 0 Å². The molecule has 3 rings (SSSR count). The third-order valence-electron chi connectivity index (χ3n) is 4.22. The van der Waals surface area contributed by atoms with Crippen LogP contribution in [0.4, 0.5) is 0 Å². The summed E-state index contributed by atoms with van der Waals surface area (Å²) in [5.41, 5.74) is 2.44. The Labute approximate surface area is 132 Å². The molecule has 0 radical (unpaired) electrons. The monoisotopic (exact) mass is 300 g/mol. The van der Waals surface area contributed by atoms with E-state index in [0.717, 1.165) is 51.6 Å². The molecule has 0 aliphatic carbocycles. The Morgan fingerprint density at radius 1 is 1.09 bits per heavy atom. The smallest absolute Gasteiger partial charge is 0.0636 e. The molecule has 0 atom stereocenters. The second-order valence-corrected chi connectivity index (χ2v) is 5.69. The van der Waals surface area contributed by atoms with E-state index in [-0.39, 0.29) is 0 Å². The maximum atomic E-state index is 5.16. The first-order valence-corrected chi connectivity index (χ1v) is 7.87. The van der Waals surface area contributed by atoms with Crippen molar-refractivity contribution in [3.8, 4) is 5.69 Å². The van der Waals surface area contributed by atoms with E-state index in [4.69, 9.17) is 4.74 Å². The van der Waals surface area contributed by atoms with Crippen LogP contribution in [0.3, 0.4) is 0 Å². The predicted molar refractivity (Wildman–Crippen MR) is 87.2 cm³/mol. The Balaban J connectivity index is 1.58. The Morgan fingerprint density at radius 3 is 2.64 bits per heavy atom. The molecule has 1 saturated heterocycles. The van der Waals surface area contributed by atoms with Crippen LogP contribution in [-0.4, -0.2) is 65.8 Å². The van der Waals surface area contributed by atoms with Gasteiger partial charge < -0.3 is 9.30 Å². The first-order valence-electron chi connectivity index (χ1n) is 7.87. The summed E-state index contributed by atoms with van der Waals surface area (Å²) in [6.07, 6.45) is 5.83. The van der Waals surface area contributed by atoms with Crippen LogP contribution in [0, 0.1) is 0 Å². The molecule has 2 aromatic heterocycles. The summed E-state index contributed by atoms with van der Waals surface area (Å²) in [5.74, 6) is 0. The van der Waals surface area contributed by atoms with Crippen molar-refractivity contribution in [3.63, 3.8) is 0 Å². The van der Waals surface area contributed by atoms with E-state index in [9.17, 15) is 0 Å². The topological polar surface area (TPSA) is 33.5 Å². The van der Waals surface area contributed by atoms with Crippen LogP contribution >= 0.6 is 0 Å². The highest BCUT2D eigenvalue weighted by Gasteiger charge is 2.17. The van der Waals surface area contributed by atoms with Crippen molar-refractivity contribution in [1.82, 2.24) is 19.4 Å². The number of piperazine rings is 1. The van der Waals surface area contributed by atoms with Gasteiger partial charge in [0.2, 0.25) is 0 Å². The van der Waals surface area contributed by atoms with E-state index < -0.39 is 0 Å². The molecule has 0 bridgehead atoms. The van der Waals surface area contributed by atoms with E-state index in [1.54, 1.807) is 7.11 Å². The zero-order valence-electron chi connectivity index (χ0n) is 13.2. The molecule has 0 unspecified atom stereocenters. The van der Waals surface area contributed by atoms with Crippen LogP contribution in [0.2, 0.25) is 0 Å². The standard InChI is InChI=1S/C17H24N4O/c1-22-13-12-19-8-10-20(11-9-19)15-17-5-3-7-21(17)16-4-2-6-18-14-16/h2-7,14H,8-13,15H2,1H3. The lowest BCUT2D eigenvalue weighted by Crippen LogP contribution is -2.46. The first kappa shape index (κ1) is 15.2. The minimum absolute atomic E-state index is 0.823. The number of methoxy groups -OCH3 is 1. The van der Waals surface area contributed by atoms with Gasteiger partial charge in [-0.1, -0.05) is 0 Å². The summed E-state index contributed by atoms with van der Waals surface area (Å²) >= 11 is 0. The first-order chi connectivity index (χ1) is 10.9. The van der Waals surface area contributed by atoms with Crippen LogP contribution in [0.5, 0.6) is 0 Å². The van der Waals surface area contributed by atoms with Gasteiger partial charge in [0.15, 0.2) is 0 Å². The predicted octanol–water partition coefficient (Wildman–Crippen LogP) is 1.64. The minimum Gasteiger partial charge on any atom is -0.383 e. The van der Waals surface area contributed by atoms with Crippen LogP contribution < -0.4 is 0 Å². The maximum absolute atomic E-state index is 5.16. The highest BCUT2D eigenvalue weighted by Crippen LogP contribution is 2.14. The average molecular weight is 300 g/mol. The third kappa shape index (κ3) is 3.74. The second kappa shape index (κ2) is 7.54. The van der Waals surface area contributed by atoms with Gasteiger partial charge in [-0.25, -0.2) is 0 Å². The lowest BCUT2D eigenvalue weighted by Gasteiger charge is -2.34. The third-order valence-corrected chi connectivity index (χ3v) is 4.22. The summed E-state index contributed by atoms with van der Waals surface area (Å²) in [5, 5.41) is 0. The number of hydrogen-bond donors (Lipinski definition) is 0. The molecule has 3 heterocycles. The highest BCUT2D eigenvalue weighted by atomic mass is 16.5. The van der Waals surface area contributed by atoms with Crippen LogP contribution in [0.1, 0.15) is 5.69 Å². The average Bonchev–Trinajstić information content (AvgIpc) is 3.03. The number of nitrogens with zero attached hydrogens (tertiary/aromatic N) is 4. The molecular weight excluding hydrogens is 276 g/mol. The van der Waals surface area contributed by atoms with Gasteiger partial charge in [-0.05, 0) is 24.3 Å². The highest BCUT2D eigenvalue weighted by molar-refractivity contribution is 5.32. The van der Waals surface area contributed by atoms with Gasteiger partial charge in [0, 0.05) is 64.5 Å². The fraction of sp³-hybridized carbons (Fsp3) is 0.471. The lowest BCUT2D eigenvalue weighted by atomic mass is 10.3. The summed E-state index contributed by atoms with van der Waals surface area (Å²) in [4.78, 5) is 9.21. The Morgan fingerprint density at radius 2 is 1.91 bits per heavy atom. The van der Waals surface area contributed by atoms with Crippen molar-refractivity contribution in [2.75, 3.05) is 46.4 Å². The Bertz CT molecular complexity index is 561. The van der Waals surface area contributed by atoms with Crippen molar-refractivity contribution >= 4 is 0 Å². The molecule has 0 amide bonds. The summed E-state index contributed by atoms with van der Waals surface area (Å²) in [7, 11) is 1.77. The van der Waals surface area contributed by atoms with Gasteiger partial charge in [-0.15, -0.1) is 0 Å². The molecule has 0 aromatic carbocycles. The minimum atomic E-state index is 0.823. The molecule has 0 N–H and O–H groups in total. The maximum Gasteiger partial charge on any atom is 0.0636 e. The molecule has 22 heavy (non-hydrogen) atoms.